The van der Waals surface area contributed by atoms with Crippen molar-refractivity contribution in [1.29, 1.82) is 0 Å². The van der Waals surface area contributed by atoms with Crippen LogP contribution in [0.2, 0.25) is 0 Å². The highest BCUT2D eigenvalue weighted by molar-refractivity contribution is 5.16. The number of halogens is 1. The van der Waals surface area contributed by atoms with Crippen LogP contribution < -0.4 is 5.73 Å². The van der Waals surface area contributed by atoms with E-state index in [4.69, 9.17) is 5.73 Å². The first kappa shape index (κ1) is 13.1. The summed E-state index contributed by atoms with van der Waals surface area (Å²) in [5, 5.41) is 0. The van der Waals surface area contributed by atoms with Crippen LogP contribution >= 0.6 is 0 Å². The molecule has 1 aromatic carbocycles. The van der Waals surface area contributed by atoms with Gasteiger partial charge in [-0.25, -0.2) is 4.39 Å². The fourth-order valence-corrected chi connectivity index (χ4v) is 1.71. The van der Waals surface area contributed by atoms with Gasteiger partial charge in [-0.1, -0.05) is 12.1 Å². The summed E-state index contributed by atoms with van der Waals surface area (Å²) in [6.07, 6.45) is 2.12. The number of nitrogens with two attached hydrogens (primary N) is 1. The zero-order chi connectivity index (χ0) is 12.0. The third kappa shape index (κ3) is 4.29. The molecule has 3 heteroatoms. The summed E-state index contributed by atoms with van der Waals surface area (Å²) >= 11 is 0. The molecule has 1 aromatic rings. The lowest BCUT2D eigenvalue weighted by molar-refractivity contribution is 0.235. The van der Waals surface area contributed by atoms with Gasteiger partial charge in [-0.05, 0) is 51.1 Å². The Bertz CT molecular complexity index is 315. The van der Waals surface area contributed by atoms with E-state index < -0.39 is 0 Å². The van der Waals surface area contributed by atoms with Gasteiger partial charge in [-0.2, -0.15) is 0 Å². The van der Waals surface area contributed by atoms with Gasteiger partial charge >= 0.3 is 0 Å². The zero-order valence-electron chi connectivity index (χ0n) is 10.1. The van der Waals surface area contributed by atoms with Gasteiger partial charge in [-0.3, -0.25) is 4.90 Å². The highest BCUT2D eigenvalue weighted by atomic mass is 19.1. The Morgan fingerprint density at radius 2 is 2.19 bits per heavy atom. The van der Waals surface area contributed by atoms with Crippen molar-refractivity contribution >= 4 is 0 Å². The number of hydrogen-bond acceptors (Lipinski definition) is 2. The molecule has 2 nitrogen and oxygen atoms in total. The second-order valence-electron chi connectivity index (χ2n) is 4.32. The predicted octanol–water partition coefficient (Wildman–Crippen LogP) is 2.38. The molecule has 1 rings (SSSR count). The minimum Gasteiger partial charge on any atom is -0.330 e. The van der Waals surface area contributed by atoms with E-state index in [0.29, 0.717) is 6.04 Å². The van der Waals surface area contributed by atoms with Crippen molar-refractivity contribution in [2.45, 2.75) is 32.4 Å². The van der Waals surface area contributed by atoms with E-state index >= 15 is 0 Å². The second-order valence-corrected chi connectivity index (χ2v) is 4.32. The quantitative estimate of drug-likeness (QED) is 0.804. The molecule has 90 valence electrons. The minimum absolute atomic E-state index is 0.166. The van der Waals surface area contributed by atoms with Crippen molar-refractivity contribution < 1.29 is 4.39 Å². The van der Waals surface area contributed by atoms with Gasteiger partial charge in [0, 0.05) is 12.6 Å². The first-order valence-electron chi connectivity index (χ1n) is 5.78. The Kier molecular flexibility index (Phi) is 5.43. The predicted molar refractivity (Wildman–Crippen MR) is 65.6 cm³/mol. The average Bonchev–Trinajstić information content (AvgIpc) is 2.25. The highest BCUT2D eigenvalue weighted by Gasteiger charge is 2.09. The first-order valence-corrected chi connectivity index (χ1v) is 5.78. The molecular formula is C13H21FN2. The van der Waals surface area contributed by atoms with Crippen LogP contribution in [0.3, 0.4) is 0 Å². The third-order valence-corrected chi connectivity index (χ3v) is 2.90. The summed E-state index contributed by atoms with van der Waals surface area (Å²) in [5.74, 6) is -0.166. The number of rotatable bonds is 6. The maximum atomic E-state index is 13.0. The molecule has 16 heavy (non-hydrogen) atoms. The molecule has 0 aliphatic rings. The second kappa shape index (κ2) is 6.61. The number of hydrogen-bond donors (Lipinski definition) is 1. The molecule has 1 unspecified atom stereocenters. The lowest BCUT2D eigenvalue weighted by Gasteiger charge is -2.24. The summed E-state index contributed by atoms with van der Waals surface area (Å²) in [5.41, 5.74) is 6.50. The van der Waals surface area contributed by atoms with Crippen LogP contribution in [0.15, 0.2) is 24.3 Å². The summed E-state index contributed by atoms with van der Waals surface area (Å²) in [7, 11) is 2.06. The van der Waals surface area contributed by atoms with E-state index in [-0.39, 0.29) is 5.82 Å². The summed E-state index contributed by atoms with van der Waals surface area (Å²) in [6, 6.07) is 7.25. The van der Waals surface area contributed by atoms with Crippen molar-refractivity contribution in [1.82, 2.24) is 4.90 Å². The van der Waals surface area contributed by atoms with Gasteiger partial charge in [0.25, 0.3) is 0 Å². The molecule has 0 fully saturated rings. The molecule has 0 radical (unpaired) electrons. The van der Waals surface area contributed by atoms with Gasteiger partial charge in [0.2, 0.25) is 0 Å². The van der Waals surface area contributed by atoms with Crippen molar-refractivity contribution in [3.63, 3.8) is 0 Å². The van der Waals surface area contributed by atoms with E-state index in [9.17, 15) is 4.39 Å². The van der Waals surface area contributed by atoms with Gasteiger partial charge < -0.3 is 5.73 Å². The highest BCUT2D eigenvalue weighted by Crippen LogP contribution is 2.10. The van der Waals surface area contributed by atoms with E-state index in [2.05, 4.69) is 18.9 Å². The Balaban J connectivity index is 2.47. The van der Waals surface area contributed by atoms with Crippen LogP contribution in [0.25, 0.3) is 0 Å². The molecule has 0 bridgehead atoms. The number of nitrogens with zero attached hydrogens (tertiary/aromatic N) is 1. The van der Waals surface area contributed by atoms with Gasteiger partial charge in [-0.15, -0.1) is 0 Å². The molecule has 2 N–H and O–H groups in total. The molecule has 0 aliphatic heterocycles. The van der Waals surface area contributed by atoms with E-state index in [1.165, 1.54) is 6.07 Å². The average molecular weight is 224 g/mol. The zero-order valence-corrected chi connectivity index (χ0v) is 10.1. The first-order chi connectivity index (χ1) is 7.63. The van der Waals surface area contributed by atoms with Crippen LogP contribution in [0, 0.1) is 5.82 Å². The van der Waals surface area contributed by atoms with Crippen LogP contribution in [-0.2, 0) is 6.54 Å². The maximum Gasteiger partial charge on any atom is 0.123 e. The molecule has 0 aliphatic carbocycles. The molecular weight excluding hydrogens is 203 g/mol. The molecule has 0 aromatic heterocycles. The Hall–Kier alpha value is -0.930. The summed E-state index contributed by atoms with van der Waals surface area (Å²) in [4.78, 5) is 2.23. The van der Waals surface area contributed by atoms with E-state index in [1.807, 2.05) is 6.07 Å². The lowest BCUT2D eigenvalue weighted by Crippen LogP contribution is -2.29. The Morgan fingerprint density at radius 1 is 1.44 bits per heavy atom. The Labute approximate surface area is 97.3 Å². The standard InChI is InChI=1S/C13H21FN2/c1-11(5-4-8-15)16(2)10-12-6-3-7-13(14)9-12/h3,6-7,9,11H,4-5,8,10,15H2,1-2H3. The SMILES string of the molecule is CC(CCCN)N(C)Cc1cccc(F)c1. The third-order valence-electron chi connectivity index (χ3n) is 2.90. The summed E-state index contributed by atoms with van der Waals surface area (Å²) < 4.78 is 13.0. The van der Waals surface area contributed by atoms with Crippen LogP contribution in [0.5, 0.6) is 0 Å². The lowest BCUT2D eigenvalue weighted by atomic mass is 10.1. The number of benzene rings is 1. The van der Waals surface area contributed by atoms with Crippen molar-refractivity contribution in [2.75, 3.05) is 13.6 Å². The molecule has 1 atom stereocenters. The van der Waals surface area contributed by atoms with E-state index in [0.717, 1.165) is 31.5 Å². The van der Waals surface area contributed by atoms with Gasteiger partial charge in [0.1, 0.15) is 5.82 Å². The van der Waals surface area contributed by atoms with Crippen molar-refractivity contribution in [3.8, 4) is 0 Å². The smallest absolute Gasteiger partial charge is 0.123 e. The fraction of sp³-hybridized carbons (Fsp3) is 0.538. The van der Waals surface area contributed by atoms with Crippen LogP contribution in [0.4, 0.5) is 4.39 Å². The molecule has 0 saturated heterocycles. The maximum absolute atomic E-state index is 13.0. The van der Waals surface area contributed by atoms with E-state index in [1.54, 1.807) is 12.1 Å². The largest absolute Gasteiger partial charge is 0.330 e. The Morgan fingerprint density at radius 3 is 2.81 bits per heavy atom. The minimum atomic E-state index is -0.166. The van der Waals surface area contributed by atoms with Gasteiger partial charge in [0.15, 0.2) is 0 Å². The molecule has 0 saturated carbocycles. The van der Waals surface area contributed by atoms with Crippen molar-refractivity contribution in [3.05, 3.63) is 35.6 Å². The van der Waals surface area contributed by atoms with Gasteiger partial charge in [0.05, 0.1) is 0 Å². The monoisotopic (exact) mass is 224 g/mol. The summed E-state index contributed by atoms with van der Waals surface area (Å²) in [6.45, 7) is 3.69. The topological polar surface area (TPSA) is 29.3 Å². The molecule has 0 amide bonds. The van der Waals surface area contributed by atoms with Crippen molar-refractivity contribution in [2.24, 2.45) is 5.73 Å². The molecule has 0 spiro atoms. The molecule has 0 heterocycles. The van der Waals surface area contributed by atoms with Crippen LogP contribution in [-0.4, -0.2) is 24.5 Å². The van der Waals surface area contributed by atoms with Crippen LogP contribution in [0.1, 0.15) is 25.3 Å². The normalized spacial score (nSPS) is 13.1. The fourth-order valence-electron chi connectivity index (χ4n) is 1.71.